The first-order valence-electron chi connectivity index (χ1n) is 7.36. The van der Waals surface area contributed by atoms with E-state index in [0.717, 1.165) is 10.8 Å². The van der Waals surface area contributed by atoms with Crippen molar-refractivity contribution in [3.63, 3.8) is 0 Å². The first-order chi connectivity index (χ1) is 11.6. The number of benzene rings is 1. The molecule has 3 rings (SSSR count). The summed E-state index contributed by atoms with van der Waals surface area (Å²) in [6.45, 7) is 0. The Kier molecular flexibility index (Phi) is 4.29. The average Bonchev–Trinajstić information content (AvgIpc) is 2.65. The summed E-state index contributed by atoms with van der Waals surface area (Å²) in [7, 11) is 4.76. The molecule has 2 heterocycles. The van der Waals surface area contributed by atoms with Gasteiger partial charge in [-0.05, 0) is 23.6 Å². The molecule has 0 bridgehead atoms. The van der Waals surface area contributed by atoms with Gasteiger partial charge in [-0.2, -0.15) is 0 Å². The third kappa shape index (κ3) is 2.86. The zero-order valence-corrected chi connectivity index (χ0v) is 13.7. The van der Waals surface area contributed by atoms with E-state index < -0.39 is 0 Å². The maximum atomic E-state index is 12.8. The number of methoxy groups -OCH3 is 2. The monoisotopic (exact) mass is 323 g/mol. The second-order valence-corrected chi connectivity index (χ2v) is 5.16. The van der Waals surface area contributed by atoms with Gasteiger partial charge in [0.2, 0.25) is 11.8 Å². The number of ether oxygens (including phenoxy) is 2. The molecule has 0 aliphatic carbocycles. The van der Waals surface area contributed by atoms with Crippen LogP contribution in [0, 0.1) is 0 Å². The molecule has 0 N–H and O–H groups in total. The highest BCUT2D eigenvalue weighted by molar-refractivity contribution is 6.06. The number of aromatic nitrogens is 2. The molecule has 0 aliphatic rings. The molecule has 0 saturated heterocycles. The third-order valence-corrected chi connectivity index (χ3v) is 3.74. The Balaban J connectivity index is 1.97. The van der Waals surface area contributed by atoms with Crippen LogP contribution in [0.4, 0.5) is 5.69 Å². The van der Waals surface area contributed by atoms with Crippen LogP contribution in [0.25, 0.3) is 10.8 Å². The third-order valence-electron chi connectivity index (χ3n) is 3.74. The van der Waals surface area contributed by atoms with Gasteiger partial charge >= 0.3 is 0 Å². The zero-order chi connectivity index (χ0) is 17.1. The highest BCUT2D eigenvalue weighted by Crippen LogP contribution is 2.25. The van der Waals surface area contributed by atoms with E-state index in [2.05, 4.69) is 9.97 Å². The van der Waals surface area contributed by atoms with Crippen LogP contribution < -0.4 is 14.4 Å². The van der Waals surface area contributed by atoms with Crippen molar-refractivity contribution in [2.45, 2.75) is 0 Å². The van der Waals surface area contributed by atoms with Gasteiger partial charge in [0.1, 0.15) is 5.69 Å². The zero-order valence-electron chi connectivity index (χ0n) is 13.7. The number of fused-ring (bicyclic) bond motifs is 1. The minimum atomic E-state index is -0.244. The summed E-state index contributed by atoms with van der Waals surface area (Å²) >= 11 is 0. The highest BCUT2D eigenvalue weighted by Gasteiger charge is 2.18. The smallest absolute Gasteiger partial charge is 0.276 e. The van der Waals surface area contributed by atoms with Gasteiger partial charge in [0.05, 0.1) is 26.1 Å². The van der Waals surface area contributed by atoms with Crippen molar-refractivity contribution in [1.82, 2.24) is 9.97 Å². The molecule has 6 nitrogen and oxygen atoms in total. The Morgan fingerprint density at radius 1 is 1.08 bits per heavy atom. The Morgan fingerprint density at radius 2 is 1.88 bits per heavy atom. The van der Waals surface area contributed by atoms with E-state index in [0.29, 0.717) is 23.1 Å². The number of amides is 1. The Bertz CT molecular complexity index is 878. The summed E-state index contributed by atoms with van der Waals surface area (Å²) < 4.78 is 10.4. The maximum absolute atomic E-state index is 12.8. The minimum absolute atomic E-state index is 0.244. The van der Waals surface area contributed by atoms with Crippen molar-refractivity contribution in [3.05, 3.63) is 54.4 Å². The lowest BCUT2D eigenvalue weighted by Gasteiger charge is -2.17. The standard InChI is InChI=1S/C18H17N3O3/c1-21(13-8-9-16(23-2)19-11-13)18(22)15-10-12-6-4-5-7-14(12)17(20-15)24-3/h4-11H,1-3H3. The normalized spacial score (nSPS) is 10.5. The van der Waals surface area contributed by atoms with Crippen molar-refractivity contribution >= 4 is 22.4 Å². The van der Waals surface area contributed by atoms with E-state index >= 15 is 0 Å². The molecular formula is C18H17N3O3. The molecule has 6 heteroatoms. The average molecular weight is 323 g/mol. The molecule has 3 aromatic rings. The molecule has 1 aromatic carbocycles. The maximum Gasteiger partial charge on any atom is 0.276 e. The van der Waals surface area contributed by atoms with Crippen LogP contribution in [0.15, 0.2) is 48.7 Å². The SMILES string of the molecule is COc1ccc(N(C)C(=O)c2cc3ccccc3c(OC)n2)cn1. The van der Waals surface area contributed by atoms with E-state index in [1.807, 2.05) is 24.3 Å². The number of hydrogen-bond acceptors (Lipinski definition) is 5. The fraction of sp³-hybridized carbons (Fsp3) is 0.167. The fourth-order valence-corrected chi connectivity index (χ4v) is 2.41. The predicted molar refractivity (Wildman–Crippen MR) is 91.8 cm³/mol. The molecule has 2 aromatic heterocycles. The Hall–Kier alpha value is -3.15. The van der Waals surface area contributed by atoms with Crippen LogP contribution in [-0.2, 0) is 0 Å². The van der Waals surface area contributed by atoms with Crippen molar-refractivity contribution in [3.8, 4) is 11.8 Å². The molecule has 0 fully saturated rings. The Labute approximate surface area is 139 Å². The number of carbonyl (C=O) groups is 1. The number of pyridine rings is 2. The summed E-state index contributed by atoms with van der Waals surface area (Å²) in [4.78, 5) is 22.7. The van der Waals surface area contributed by atoms with Crippen LogP contribution in [0.1, 0.15) is 10.5 Å². The van der Waals surface area contributed by atoms with Gasteiger partial charge in [-0.25, -0.2) is 9.97 Å². The first-order valence-corrected chi connectivity index (χ1v) is 7.36. The molecule has 0 radical (unpaired) electrons. The lowest BCUT2D eigenvalue weighted by molar-refractivity contribution is 0.0987. The molecule has 0 spiro atoms. The largest absolute Gasteiger partial charge is 0.481 e. The number of rotatable bonds is 4. The van der Waals surface area contributed by atoms with Crippen molar-refractivity contribution in [2.75, 3.05) is 26.2 Å². The number of anilines is 1. The van der Waals surface area contributed by atoms with Crippen LogP contribution >= 0.6 is 0 Å². The van der Waals surface area contributed by atoms with Crippen LogP contribution in [0.3, 0.4) is 0 Å². The molecule has 122 valence electrons. The second-order valence-electron chi connectivity index (χ2n) is 5.16. The van der Waals surface area contributed by atoms with Gasteiger partial charge in [0, 0.05) is 18.5 Å². The van der Waals surface area contributed by atoms with E-state index in [1.165, 1.54) is 4.90 Å². The lowest BCUT2D eigenvalue weighted by atomic mass is 10.1. The number of nitrogens with zero attached hydrogens (tertiary/aromatic N) is 3. The van der Waals surface area contributed by atoms with Gasteiger partial charge in [-0.3, -0.25) is 4.79 Å². The second kappa shape index (κ2) is 6.54. The van der Waals surface area contributed by atoms with Crippen molar-refractivity contribution < 1.29 is 14.3 Å². The number of carbonyl (C=O) groups excluding carboxylic acids is 1. The molecule has 1 amide bonds. The molecule has 0 atom stereocenters. The summed E-state index contributed by atoms with van der Waals surface area (Å²) in [5.74, 6) is 0.675. The predicted octanol–water partition coefficient (Wildman–Crippen LogP) is 2.92. The van der Waals surface area contributed by atoms with Crippen LogP contribution in [0.5, 0.6) is 11.8 Å². The Morgan fingerprint density at radius 3 is 2.54 bits per heavy atom. The van der Waals surface area contributed by atoms with Gasteiger partial charge in [0.15, 0.2) is 0 Å². The summed E-state index contributed by atoms with van der Waals surface area (Å²) in [6, 6.07) is 12.9. The van der Waals surface area contributed by atoms with Gasteiger partial charge in [0.25, 0.3) is 5.91 Å². The quantitative estimate of drug-likeness (QED) is 0.738. The van der Waals surface area contributed by atoms with Crippen molar-refractivity contribution in [1.29, 1.82) is 0 Å². The van der Waals surface area contributed by atoms with E-state index in [-0.39, 0.29) is 5.91 Å². The summed E-state index contributed by atoms with van der Waals surface area (Å²) in [6.07, 6.45) is 1.58. The van der Waals surface area contributed by atoms with Crippen LogP contribution in [-0.4, -0.2) is 37.1 Å². The topological polar surface area (TPSA) is 64.5 Å². The summed E-state index contributed by atoms with van der Waals surface area (Å²) in [5.41, 5.74) is 0.957. The molecule has 0 saturated carbocycles. The van der Waals surface area contributed by atoms with E-state index in [9.17, 15) is 4.79 Å². The molecule has 0 aliphatic heterocycles. The van der Waals surface area contributed by atoms with Crippen LogP contribution in [0.2, 0.25) is 0 Å². The van der Waals surface area contributed by atoms with Gasteiger partial charge < -0.3 is 14.4 Å². The van der Waals surface area contributed by atoms with Gasteiger partial charge in [-0.1, -0.05) is 18.2 Å². The molecular weight excluding hydrogens is 306 g/mol. The minimum Gasteiger partial charge on any atom is -0.481 e. The summed E-state index contributed by atoms with van der Waals surface area (Å²) in [5, 5.41) is 1.76. The number of hydrogen-bond donors (Lipinski definition) is 0. The van der Waals surface area contributed by atoms with Gasteiger partial charge in [-0.15, -0.1) is 0 Å². The fourth-order valence-electron chi connectivity index (χ4n) is 2.41. The lowest BCUT2D eigenvalue weighted by Crippen LogP contribution is -2.27. The van der Waals surface area contributed by atoms with Crippen molar-refractivity contribution in [2.24, 2.45) is 0 Å². The highest BCUT2D eigenvalue weighted by atomic mass is 16.5. The first kappa shape index (κ1) is 15.7. The molecule has 24 heavy (non-hydrogen) atoms. The molecule has 0 unspecified atom stereocenters. The van der Waals surface area contributed by atoms with E-state index in [1.54, 1.807) is 45.7 Å². The van der Waals surface area contributed by atoms with E-state index in [4.69, 9.17) is 9.47 Å².